The molecule has 0 atom stereocenters. The maximum absolute atomic E-state index is 11.3. The summed E-state index contributed by atoms with van der Waals surface area (Å²) in [6, 6.07) is 0. The van der Waals surface area contributed by atoms with E-state index in [9.17, 15) is 4.79 Å². The zero-order valence-corrected chi connectivity index (χ0v) is 10.4. The minimum Gasteiger partial charge on any atom is -0.270 e. The van der Waals surface area contributed by atoms with Gasteiger partial charge in [0.05, 0.1) is 0 Å². The van der Waals surface area contributed by atoms with Crippen LogP contribution in [0.2, 0.25) is 0 Å². The molecule has 0 aliphatic rings. The second-order valence-corrected chi connectivity index (χ2v) is 4.28. The monoisotopic (exact) mass is 245 g/mol. The number of aromatic nitrogens is 3. The molecule has 1 heterocycles. The third kappa shape index (κ3) is 3.79. The standard InChI is InChI=1S/C9H15N3OS2/c1-2-5-12-8(13)10-11-9(12)15-7-4-3-6-14/h3-4,14H,2,5-7H2,1H3,(H,10,13). The molecule has 84 valence electrons. The highest BCUT2D eigenvalue weighted by Gasteiger charge is 2.06. The van der Waals surface area contributed by atoms with E-state index in [2.05, 4.69) is 22.8 Å². The van der Waals surface area contributed by atoms with Crippen molar-refractivity contribution < 1.29 is 0 Å². The smallest absolute Gasteiger partial charge is 0.270 e. The summed E-state index contributed by atoms with van der Waals surface area (Å²) in [4.78, 5) is 11.3. The van der Waals surface area contributed by atoms with Crippen molar-refractivity contribution in [3.63, 3.8) is 0 Å². The van der Waals surface area contributed by atoms with Gasteiger partial charge in [-0.3, -0.25) is 4.57 Å². The predicted molar refractivity (Wildman–Crippen MR) is 66.9 cm³/mol. The van der Waals surface area contributed by atoms with Crippen LogP contribution in [0.4, 0.5) is 0 Å². The number of aromatic amines is 1. The van der Waals surface area contributed by atoms with Crippen molar-refractivity contribution in [1.29, 1.82) is 0 Å². The van der Waals surface area contributed by atoms with E-state index in [-0.39, 0.29) is 5.69 Å². The van der Waals surface area contributed by atoms with Crippen molar-refractivity contribution in [2.45, 2.75) is 25.0 Å². The van der Waals surface area contributed by atoms with Gasteiger partial charge in [-0.05, 0) is 6.42 Å². The molecule has 0 aliphatic heterocycles. The van der Waals surface area contributed by atoms with E-state index in [1.165, 1.54) is 0 Å². The summed E-state index contributed by atoms with van der Waals surface area (Å²) >= 11 is 5.61. The Morgan fingerprint density at radius 2 is 2.40 bits per heavy atom. The maximum Gasteiger partial charge on any atom is 0.343 e. The molecule has 0 amide bonds. The number of nitrogens with zero attached hydrogens (tertiary/aromatic N) is 2. The molecule has 0 bridgehead atoms. The first-order valence-corrected chi connectivity index (χ1v) is 6.45. The molecule has 1 aromatic heterocycles. The Kier molecular flexibility index (Phi) is 5.63. The van der Waals surface area contributed by atoms with Crippen LogP contribution in [0, 0.1) is 0 Å². The van der Waals surface area contributed by atoms with E-state index in [1.54, 1.807) is 16.3 Å². The first-order valence-electron chi connectivity index (χ1n) is 4.83. The Balaban J connectivity index is 2.60. The van der Waals surface area contributed by atoms with Crippen molar-refractivity contribution in [3.8, 4) is 0 Å². The minimum atomic E-state index is -0.127. The van der Waals surface area contributed by atoms with E-state index < -0.39 is 0 Å². The first-order chi connectivity index (χ1) is 7.29. The molecule has 1 N–H and O–H groups in total. The Morgan fingerprint density at radius 1 is 1.60 bits per heavy atom. The van der Waals surface area contributed by atoms with Crippen LogP contribution in [0.5, 0.6) is 0 Å². The molecule has 0 aromatic carbocycles. The number of thiol groups is 1. The van der Waals surface area contributed by atoms with Crippen molar-refractivity contribution in [2.24, 2.45) is 0 Å². The van der Waals surface area contributed by atoms with E-state index >= 15 is 0 Å². The van der Waals surface area contributed by atoms with Gasteiger partial charge in [0, 0.05) is 18.1 Å². The second-order valence-electron chi connectivity index (χ2n) is 2.93. The van der Waals surface area contributed by atoms with Crippen LogP contribution < -0.4 is 5.69 Å². The SMILES string of the molecule is CCCn1c(SCC=CCS)n[nH]c1=O. The van der Waals surface area contributed by atoms with Gasteiger partial charge in [0.25, 0.3) is 0 Å². The Labute approximate surface area is 98.6 Å². The van der Waals surface area contributed by atoms with E-state index in [0.717, 1.165) is 23.1 Å². The molecule has 1 rings (SSSR count). The van der Waals surface area contributed by atoms with Crippen LogP contribution in [0.1, 0.15) is 13.3 Å². The van der Waals surface area contributed by atoms with Gasteiger partial charge in [0.15, 0.2) is 5.16 Å². The van der Waals surface area contributed by atoms with Gasteiger partial charge in [-0.2, -0.15) is 12.6 Å². The van der Waals surface area contributed by atoms with E-state index in [0.29, 0.717) is 6.54 Å². The van der Waals surface area contributed by atoms with Crippen LogP contribution in [0.15, 0.2) is 22.1 Å². The third-order valence-electron chi connectivity index (χ3n) is 1.75. The lowest BCUT2D eigenvalue weighted by Crippen LogP contribution is -2.17. The molecular formula is C9H15N3OS2. The second kappa shape index (κ2) is 6.79. The molecule has 4 nitrogen and oxygen atoms in total. The molecule has 1 aromatic rings. The van der Waals surface area contributed by atoms with Crippen LogP contribution >= 0.6 is 24.4 Å². The van der Waals surface area contributed by atoms with Gasteiger partial charge < -0.3 is 0 Å². The van der Waals surface area contributed by atoms with E-state index in [4.69, 9.17) is 0 Å². The van der Waals surface area contributed by atoms with Crippen molar-refractivity contribution in [1.82, 2.24) is 14.8 Å². The molecule has 0 aliphatic carbocycles. The van der Waals surface area contributed by atoms with Crippen LogP contribution in [-0.4, -0.2) is 26.3 Å². The summed E-state index contributed by atoms with van der Waals surface area (Å²) in [6.07, 6.45) is 4.93. The number of nitrogens with one attached hydrogen (secondary N) is 1. The normalized spacial score (nSPS) is 11.3. The predicted octanol–water partition coefficient (Wildman–Crippen LogP) is 1.56. The fourth-order valence-corrected chi connectivity index (χ4v) is 2.07. The molecule has 0 fully saturated rings. The highest BCUT2D eigenvalue weighted by atomic mass is 32.2. The minimum absolute atomic E-state index is 0.127. The summed E-state index contributed by atoms with van der Waals surface area (Å²) in [6.45, 7) is 2.75. The number of hydrogen-bond donors (Lipinski definition) is 2. The number of H-pyrrole nitrogens is 1. The molecule has 0 saturated carbocycles. The molecule has 15 heavy (non-hydrogen) atoms. The van der Waals surface area contributed by atoms with E-state index in [1.807, 2.05) is 19.1 Å². The molecule has 0 radical (unpaired) electrons. The van der Waals surface area contributed by atoms with Crippen LogP contribution in [-0.2, 0) is 6.54 Å². The number of rotatable bonds is 6. The summed E-state index contributed by atoms with van der Waals surface area (Å²) in [5.41, 5.74) is -0.127. The summed E-state index contributed by atoms with van der Waals surface area (Å²) < 4.78 is 1.67. The zero-order valence-electron chi connectivity index (χ0n) is 8.64. The summed E-state index contributed by atoms with van der Waals surface area (Å²) in [5, 5.41) is 7.18. The fraction of sp³-hybridized carbons (Fsp3) is 0.556. The largest absolute Gasteiger partial charge is 0.343 e. The lowest BCUT2D eigenvalue weighted by atomic mass is 10.5. The molecule has 6 heteroatoms. The Morgan fingerprint density at radius 3 is 3.07 bits per heavy atom. The average Bonchev–Trinajstić information content (AvgIpc) is 2.57. The summed E-state index contributed by atoms with van der Waals surface area (Å²) in [5.74, 6) is 1.55. The fourth-order valence-electron chi connectivity index (χ4n) is 1.10. The highest BCUT2D eigenvalue weighted by Crippen LogP contribution is 2.13. The lowest BCUT2D eigenvalue weighted by molar-refractivity contribution is 0.604. The topological polar surface area (TPSA) is 50.7 Å². The third-order valence-corrected chi connectivity index (χ3v) is 2.89. The van der Waals surface area contributed by atoms with Crippen molar-refractivity contribution in [3.05, 3.63) is 22.6 Å². The van der Waals surface area contributed by atoms with Gasteiger partial charge in [-0.1, -0.05) is 30.8 Å². The van der Waals surface area contributed by atoms with Crippen LogP contribution in [0.25, 0.3) is 0 Å². The number of thioether (sulfide) groups is 1. The van der Waals surface area contributed by atoms with Crippen LogP contribution in [0.3, 0.4) is 0 Å². The van der Waals surface area contributed by atoms with Gasteiger partial charge in [0.2, 0.25) is 0 Å². The van der Waals surface area contributed by atoms with Gasteiger partial charge in [-0.15, -0.1) is 5.10 Å². The highest BCUT2D eigenvalue weighted by molar-refractivity contribution is 7.99. The Bertz CT molecular complexity index is 370. The molecule has 0 unspecified atom stereocenters. The molecule has 0 spiro atoms. The van der Waals surface area contributed by atoms with Crippen molar-refractivity contribution in [2.75, 3.05) is 11.5 Å². The molecular weight excluding hydrogens is 230 g/mol. The van der Waals surface area contributed by atoms with Gasteiger partial charge >= 0.3 is 5.69 Å². The first kappa shape index (κ1) is 12.4. The maximum atomic E-state index is 11.3. The lowest BCUT2D eigenvalue weighted by Gasteiger charge is -2.00. The summed E-state index contributed by atoms with van der Waals surface area (Å²) in [7, 11) is 0. The van der Waals surface area contributed by atoms with Gasteiger partial charge in [-0.25, -0.2) is 9.89 Å². The number of hydrogen-bond acceptors (Lipinski definition) is 4. The van der Waals surface area contributed by atoms with Crippen molar-refractivity contribution >= 4 is 24.4 Å². The molecule has 0 saturated heterocycles. The average molecular weight is 245 g/mol. The zero-order chi connectivity index (χ0) is 11.1. The van der Waals surface area contributed by atoms with Gasteiger partial charge in [0.1, 0.15) is 0 Å². The Hall–Kier alpha value is -0.620. The quantitative estimate of drug-likeness (QED) is 0.454.